The average molecular weight is 294 g/mol. The normalized spacial score (nSPS) is 17.8. The first-order valence-corrected chi connectivity index (χ1v) is 7.52. The Hall–Kier alpha value is -1.40. The summed E-state index contributed by atoms with van der Waals surface area (Å²) in [6, 6.07) is -0.193. The lowest BCUT2D eigenvalue weighted by Crippen LogP contribution is -2.49. The first-order chi connectivity index (χ1) is 9.88. The topological polar surface area (TPSA) is 59.4 Å². The Morgan fingerprint density at radius 3 is 2.67 bits per heavy atom. The van der Waals surface area contributed by atoms with Crippen LogP contribution in [0.5, 0.6) is 0 Å². The van der Waals surface area contributed by atoms with E-state index in [1.807, 2.05) is 28.9 Å². The molecule has 1 atom stereocenters. The zero-order valence-corrected chi connectivity index (χ0v) is 13.4. The largest absolute Gasteiger partial charge is 0.378 e. The molecule has 1 aromatic heterocycles. The van der Waals surface area contributed by atoms with Crippen LogP contribution in [0.25, 0.3) is 0 Å². The van der Waals surface area contributed by atoms with Gasteiger partial charge >= 0.3 is 0 Å². The van der Waals surface area contributed by atoms with Crippen molar-refractivity contribution >= 4 is 5.91 Å². The van der Waals surface area contributed by atoms with Crippen LogP contribution in [0.15, 0.2) is 12.4 Å². The Bertz CT molecular complexity index is 472. The molecule has 1 saturated heterocycles. The molecule has 1 fully saturated rings. The summed E-state index contributed by atoms with van der Waals surface area (Å²) in [6.45, 7) is 11.5. The van der Waals surface area contributed by atoms with Gasteiger partial charge in [0.15, 0.2) is 0 Å². The Kier molecular flexibility index (Phi) is 5.00. The second kappa shape index (κ2) is 6.58. The molecular formula is C15H26N4O2. The fraction of sp³-hybridized carbons (Fsp3) is 0.733. The van der Waals surface area contributed by atoms with E-state index in [1.165, 1.54) is 0 Å². The standard InChI is InChI=1S/C15H26N4O2/c1-12(14(20)18-5-7-21-8-6-18)16-9-13-10-17-19(11-13)15(2,3)4/h10-12,16H,5-9H2,1-4H3. The van der Waals surface area contributed by atoms with Crippen molar-refractivity contribution in [1.82, 2.24) is 20.0 Å². The number of morpholine rings is 1. The molecule has 1 aromatic rings. The molecule has 2 rings (SSSR count). The monoisotopic (exact) mass is 294 g/mol. The molecule has 1 amide bonds. The zero-order chi connectivity index (χ0) is 15.5. The summed E-state index contributed by atoms with van der Waals surface area (Å²) < 4.78 is 7.21. The van der Waals surface area contributed by atoms with Gasteiger partial charge < -0.3 is 15.0 Å². The second-order valence-corrected chi connectivity index (χ2v) is 6.50. The number of carbonyl (C=O) groups excluding carboxylic acids is 1. The Morgan fingerprint density at radius 1 is 1.43 bits per heavy atom. The summed E-state index contributed by atoms with van der Waals surface area (Å²) in [6.07, 6.45) is 3.88. The molecule has 1 aliphatic rings. The van der Waals surface area contributed by atoms with Gasteiger partial charge in [0, 0.05) is 31.4 Å². The highest BCUT2D eigenvalue weighted by Crippen LogP contribution is 2.13. The number of ether oxygens (including phenoxy) is 1. The van der Waals surface area contributed by atoms with Crippen molar-refractivity contribution in [2.45, 2.75) is 45.8 Å². The van der Waals surface area contributed by atoms with Crippen molar-refractivity contribution in [1.29, 1.82) is 0 Å². The highest BCUT2D eigenvalue weighted by molar-refractivity contribution is 5.81. The van der Waals surface area contributed by atoms with E-state index in [2.05, 4.69) is 31.2 Å². The summed E-state index contributed by atoms with van der Waals surface area (Å²) in [7, 11) is 0. The molecule has 0 spiro atoms. The molecule has 0 saturated carbocycles. The number of amides is 1. The van der Waals surface area contributed by atoms with Crippen molar-refractivity contribution in [2.24, 2.45) is 0 Å². The molecule has 1 N–H and O–H groups in total. The predicted octanol–water partition coefficient (Wildman–Crippen LogP) is 0.975. The number of nitrogens with zero attached hydrogens (tertiary/aromatic N) is 3. The minimum absolute atomic E-state index is 0.0204. The maximum atomic E-state index is 12.3. The minimum Gasteiger partial charge on any atom is -0.378 e. The van der Waals surface area contributed by atoms with Gasteiger partial charge in [0.2, 0.25) is 5.91 Å². The van der Waals surface area contributed by atoms with Gasteiger partial charge in [-0.15, -0.1) is 0 Å². The summed E-state index contributed by atoms with van der Waals surface area (Å²) >= 11 is 0. The Morgan fingerprint density at radius 2 is 2.10 bits per heavy atom. The van der Waals surface area contributed by atoms with Crippen molar-refractivity contribution in [2.75, 3.05) is 26.3 Å². The van der Waals surface area contributed by atoms with Crippen LogP contribution in [-0.4, -0.2) is 52.9 Å². The first-order valence-electron chi connectivity index (χ1n) is 7.52. The van der Waals surface area contributed by atoms with Gasteiger partial charge in [-0.25, -0.2) is 0 Å². The third-order valence-electron chi connectivity index (χ3n) is 3.63. The lowest BCUT2D eigenvalue weighted by molar-refractivity contribution is -0.137. The van der Waals surface area contributed by atoms with Crippen molar-refractivity contribution in [3.63, 3.8) is 0 Å². The number of nitrogens with one attached hydrogen (secondary N) is 1. The third-order valence-corrected chi connectivity index (χ3v) is 3.63. The fourth-order valence-electron chi connectivity index (χ4n) is 2.23. The molecule has 118 valence electrons. The summed E-state index contributed by atoms with van der Waals surface area (Å²) in [5.74, 6) is 0.140. The predicted molar refractivity (Wildman–Crippen MR) is 80.9 cm³/mol. The van der Waals surface area contributed by atoms with Gasteiger partial charge in [-0.1, -0.05) is 0 Å². The van der Waals surface area contributed by atoms with E-state index in [4.69, 9.17) is 4.74 Å². The highest BCUT2D eigenvalue weighted by Gasteiger charge is 2.22. The molecule has 1 aliphatic heterocycles. The molecule has 0 aromatic carbocycles. The molecule has 0 bridgehead atoms. The molecule has 1 unspecified atom stereocenters. The number of carbonyl (C=O) groups is 1. The number of aromatic nitrogens is 2. The molecule has 6 heteroatoms. The van der Waals surface area contributed by atoms with Crippen LogP contribution in [0.2, 0.25) is 0 Å². The van der Waals surface area contributed by atoms with Crippen LogP contribution in [0.3, 0.4) is 0 Å². The van der Waals surface area contributed by atoms with Crippen LogP contribution in [0, 0.1) is 0 Å². The number of hydrogen-bond donors (Lipinski definition) is 1. The Labute approximate surface area is 126 Å². The van der Waals surface area contributed by atoms with Crippen LogP contribution >= 0.6 is 0 Å². The molecule has 2 heterocycles. The van der Waals surface area contributed by atoms with E-state index >= 15 is 0 Å². The zero-order valence-electron chi connectivity index (χ0n) is 13.4. The van der Waals surface area contributed by atoms with Gasteiger partial charge in [0.1, 0.15) is 0 Å². The molecule has 21 heavy (non-hydrogen) atoms. The van der Waals surface area contributed by atoms with E-state index in [0.717, 1.165) is 5.56 Å². The van der Waals surface area contributed by atoms with Gasteiger partial charge in [0.25, 0.3) is 0 Å². The van der Waals surface area contributed by atoms with E-state index in [9.17, 15) is 4.79 Å². The number of rotatable bonds is 4. The summed E-state index contributed by atoms with van der Waals surface area (Å²) in [4.78, 5) is 14.1. The molecular weight excluding hydrogens is 268 g/mol. The van der Waals surface area contributed by atoms with Crippen molar-refractivity contribution < 1.29 is 9.53 Å². The van der Waals surface area contributed by atoms with E-state index in [0.29, 0.717) is 32.8 Å². The van der Waals surface area contributed by atoms with Gasteiger partial charge in [-0.05, 0) is 27.7 Å². The van der Waals surface area contributed by atoms with Crippen LogP contribution in [0.4, 0.5) is 0 Å². The minimum atomic E-state index is -0.193. The first kappa shape index (κ1) is 16.0. The molecule has 6 nitrogen and oxygen atoms in total. The van der Waals surface area contributed by atoms with Crippen molar-refractivity contribution in [3.05, 3.63) is 18.0 Å². The smallest absolute Gasteiger partial charge is 0.239 e. The van der Waals surface area contributed by atoms with E-state index in [1.54, 1.807) is 0 Å². The molecule has 0 aliphatic carbocycles. The van der Waals surface area contributed by atoms with Gasteiger partial charge in [-0.3, -0.25) is 9.48 Å². The van der Waals surface area contributed by atoms with Gasteiger partial charge in [-0.2, -0.15) is 5.10 Å². The second-order valence-electron chi connectivity index (χ2n) is 6.50. The molecule has 0 radical (unpaired) electrons. The summed E-state index contributed by atoms with van der Waals surface area (Å²) in [5, 5.41) is 7.64. The van der Waals surface area contributed by atoms with Crippen molar-refractivity contribution in [3.8, 4) is 0 Å². The maximum Gasteiger partial charge on any atom is 0.239 e. The van der Waals surface area contributed by atoms with Crippen LogP contribution in [-0.2, 0) is 21.6 Å². The SMILES string of the molecule is CC(NCc1cnn(C(C)(C)C)c1)C(=O)N1CCOCC1. The lowest BCUT2D eigenvalue weighted by Gasteiger charge is -2.29. The Balaban J connectivity index is 1.84. The highest BCUT2D eigenvalue weighted by atomic mass is 16.5. The third kappa shape index (κ3) is 4.28. The van der Waals surface area contributed by atoms with Crippen LogP contribution < -0.4 is 5.32 Å². The fourth-order valence-corrected chi connectivity index (χ4v) is 2.23. The summed E-state index contributed by atoms with van der Waals surface area (Å²) in [5.41, 5.74) is 1.07. The van der Waals surface area contributed by atoms with E-state index in [-0.39, 0.29) is 17.5 Å². The maximum absolute atomic E-state index is 12.3. The quantitative estimate of drug-likeness (QED) is 0.899. The number of hydrogen-bond acceptors (Lipinski definition) is 4. The van der Waals surface area contributed by atoms with Crippen LogP contribution in [0.1, 0.15) is 33.3 Å². The van der Waals surface area contributed by atoms with E-state index < -0.39 is 0 Å². The van der Waals surface area contributed by atoms with Gasteiger partial charge in [0.05, 0.1) is 31.0 Å². The average Bonchev–Trinajstić information content (AvgIpc) is 2.94. The lowest BCUT2D eigenvalue weighted by atomic mass is 10.1.